The number of alkyl halides is 3. The molecular formula is C19H19F3N2O11S. The van der Waals surface area contributed by atoms with E-state index in [1.165, 1.54) is 40.4 Å². The summed E-state index contributed by atoms with van der Waals surface area (Å²) in [7, 11) is -1.78. The number of pyridine rings is 1. The standard InChI is InChI=1S/C19H19F3N2O11S/c1-9-12(10-6-7-11(31-3)16(32-4)15(10)34-8-30-2)14(24(26)27)17(23-13(9)18(25)33-5)35-36(28,29)19(20,21)22/h6-7H,8H2,1-5H3. The van der Waals surface area contributed by atoms with Gasteiger partial charge in [-0.3, -0.25) is 10.1 Å². The van der Waals surface area contributed by atoms with Gasteiger partial charge in [0.05, 0.1) is 31.8 Å². The molecule has 17 heteroatoms. The summed E-state index contributed by atoms with van der Waals surface area (Å²) in [6.45, 7) is 0.741. The number of ether oxygens (including phenoxy) is 5. The number of esters is 1. The highest BCUT2D eigenvalue weighted by Gasteiger charge is 2.50. The molecule has 0 aliphatic carbocycles. The Kier molecular flexibility index (Phi) is 8.53. The Hall–Kier alpha value is -3.86. The second-order valence-corrected chi connectivity index (χ2v) is 8.11. The molecule has 0 aliphatic rings. The van der Waals surface area contributed by atoms with E-state index in [1.807, 2.05) is 0 Å². The van der Waals surface area contributed by atoms with E-state index in [2.05, 4.69) is 13.9 Å². The van der Waals surface area contributed by atoms with Crippen molar-refractivity contribution in [3.8, 4) is 34.3 Å². The number of methoxy groups -OCH3 is 4. The average Bonchev–Trinajstić information content (AvgIpc) is 2.81. The molecule has 13 nitrogen and oxygen atoms in total. The summed E-state index contributed by atoms with van der Waals surface area (Å²) < 4.78 is 91.7. The zero-order chi connectivity index (χ0) is 27.4. The molecule has 0 fully saturated rings. The van der Waals surface area contributed by atoms with Crippen molar-refractivity contribution in [1.82, 2.24) is 4.98 Å². The van der Waals surface area contributed by atoms with E-state index in [9.17, 15) is 36.5 Å². The SMILES string of the molecule is COCOc1c(-c2c(C)c(C(=O)OC)nc(OS(=O)(=O)C(F)(F)F)c2[N+](=O)[O-])ccc(OC)c1OC. The van der Waals surface area contributed by atoms with Gasteiger partial charge < -0.3 is 27.9 Å². The Balaban J connectivity index is 3.10. The fourth-order valence-corrected chi connectivity index (χ4v) is 3.42. The van der Waals surface area contributed by atoms with Crippen LogP contribution < -0.4 is 18.4 Å². The molecule has 0 atom stereocenters. The van der Waals surface area contributed by atoms with Gasteiger partial charge in [-0.25, -0.2) is 4.79 Å². The van der Waals surface area contributed by atoms with E-state index in [0.717, 1.165) is 7.11 Å². The highest BCUT2D eigenvalue weighted by Crippen LogP contribution is 2.50. The zero-order valence-electron chi connectivity index (χ0n) is 19.3. The van der Waals surface area contributed by atoms with Crippen LogP contribution in [0.25, 0.3) is 11.1 Å². The molecule has 0 bridgehead atoms. The fraction of sp³-hybridized carbons (Fsp3) is 0.368. The van der Waals surface area contributed by atoms with Gasteiger partial charge in [-0.1, -0.05) is 0 Å². The van der Waals surface area contributed by atoms with Crippen molar-refractivity contribution in [3.63, 3.8) is 0 Å². The second-order valence-electron chi connectivity index (χ2n) is 6.57. The lowest BCUT2D eigenvalue weighted by molar-refractivity contribution is -0.385. The number of hydrogen-bond donors (Lipinski definition) is 0. The molecule has 0 radical (unpaired) electrons. The summed E-state index contributed by atoms with van der Waals surface area (Å²) in [5.41, 5.74) is -9.12. The number of carbonyl (C=O) groups is 1. The lowest BCUT2D eigenvalue weighted by Crippen LogP contribution is -2.29. The maximum Gasteiger partial charge on any atom is 0.534 e. The minimum Gasteiger partial charge on any atom is -0.493 e. The second kappa shape index (κ2) is 10.8. The summed E-state index contributed by atoms with van der Waals surface area (Å²) in [5.74, 6) is -3.16. The van der Waals surface area contributed by atoms with Gasteiger partial charge in [-0.2, -0.15) is 26.6 Å². The van der Waals surface area contributed by atoms with Crippen LogP contribution in [0.1, 0.15) is 16.1 Å². The van der Waals surface area contributed by atoms with E-state index in [4.69, 9.17) is 18.9 Å². The van der Waals surface area contributed by atoms with E-state index < -0.39 is 56.1 Å². The van der Waals surface area contributed by atoms with E-state index in [1.54, 1.807) is 0 Å². The number of hydrogen-bond acceptors (Lipinski definition) is 12. The van der Waals surface area contributed by atoms with E-state index in [0.29, 0.717) is 0 Å². The predicted molar refractivity (Wildman–Crippen MR) is 114 cm³/mol. The molecule has 36 heavy (non-hydrogen) atoms. The van der Waals surface area contributed by atoms with Crippen LogP contribution in [0, 0.1) is 17.0 Å². The molecule has 0 N–H and O–H groups in total. The van der Waals surface area contributed by atoms with Gasteiger partial charge in [0.25, 0.3) is 0 Å². The third-order valence-corrected chi connectivity index (χ3v) is 5.45. The van der Waals surface area contributed by atoms with Crippen LogP contribution in [-0.4, -0.2) is 65.0 Å². The van der Waals surface area contributed by atoms with Crippen LogP contribution >= 0.6 is 0 Å². The van der Waals surface area contributed by atoms with Crippen molar-refractivity contribution in [2.24, 2.45) is 0 Å². The summed E-state index contributed by atoms with van der Waals surface area (Å²) in [5, 5.41) is 12.0. The minimum atomic E-state index is -6.43. The maximum absolute atomic E-state index is 13.0. The van der Waals surface area contributed by atoms with Crippen molar-refractivity contribution in [1.29, 1.82) is 0 Å². The third-order valence-electron chi connectivity index (χ3n) is 4.51. The summed E-state index contributed by atoms with van der Waals surface area (Å²) in [6.07, 6.45) is 0. The van der Waals surface area contributed by atoms with Crippen LogP contribution in [0.3, 0.4) is 0 Å². The zero-order valence-corrected chi connectivity index (χ0v) is 20.1. The molecular weight excluding hydrogens is 521 g/mol. The first-order chi connectivity index (χ1) is 16.7. The fourth-order valence-electron chi connectivity index (χ4n) is 3.00. The Morgan fingerprint density at radius 1 is 1.11 bits per heavy atom. The molecule has 2 aromatic rings. The molecule has 0 saturated heterocycles. The average molecular weight is 540 g/mol. The van der Waals surface area contributed by atoms with Crippen molar-refractivity contribution < 1.29 is 59.2 Å². The first-order valence-corrected chi connectivity index (χ1v) is 10.8. The highest BCUT2D eigenvalue weighted by atomic mass is 32.2. The Bertz CT molecular complexity index is 1280. The van der Waals surface area contributed by atoms with Crippen molar-refractivity contribution >= 4 is 21.8 Å². The molecule has 2 rings (SSSR count). The van der Waals surface area contributed by atoms with Gasteiger partial charge in [0.15, 0.2) is 24.0 Å². The van der Waals surface area contributed by atoms with Crippen LogP contribution in [0.4, 0.5) is 18.9 Å². The van der Waals surface area contributed by atoms with Gasteiger partial charge in [-0.05, 0) is 24.6 Å². The topological polar surface area (TPSA) is 163 Å². The highest BCUT2D eigenvalue weighted by molar-refractivity contribution is 7.88. The monoisotopic (exact) mass is 540 g/mol. The van der Waals surface area contributed by atoms with Gasteiger partial charge >= 0.3 is 33.2 Å². The van der Waals surface area contributed by atoms with E-state index in [-0.39, 0.29) is 28.4 Å². The first-order valence-electron chi connectivity index (χ1n) is 9.40. The Morgan fingerprint density at radius 3 is 2.22 bits per heavy atom. The molecule has 198 valence electrons. The molecule has 0 amide bonds. The Morgan fingerprint density at radius 2 is 1.75 bits per heavy atom. The number of benzene rings is 1. The van der Waals surface area contributed by atoms with E-state index >= 15 is 0 Å². The molecule has 0 unspecified atom stereocenters. The predicted octanol–water partition coefficient (Wildman–Crippen LogP) is 2.98. The molecule has 0 saturated carbocycles. The number of aromatic nitrogens is 1. The maximum atomic E-state index is 13.0. The quantitative estimate of drug-likeness (QED) is 0.108. The summed E-state index contributed by atoms with van der Waals surface area (Å²) in [4.78, 5) is 26.5. The van der Waals surface area contributed by atoms with Crippen LogP contribution in [0.2, 0.25) is 0 Å². The largest absolute Gasteiger partial charge is 0.534 e. The lowest BCUT2D eigenvalue weighted by atomic mass is 9.96. The van der Waals surface area contributed by atoms with Gasteiger partial charge in [0.1, 0.15) is 0 Å². The molecule has 0 aliphatic heterocycles. The first kappa shape index (κ1) is 28.4. The van der Waals surface area contributed by atoms with Crippen molar-refractivity contribution in [3.05, 3.63) is 33.5 Å². The van der Waals surface area contributed by atoms with Crippen LogP contribution in [0.5, 0.6) is 23.1 Å². The van der Waals surface area contributed by atoms with Gasteiger partial charge in [0.2, 0.25) is 5.75 Å². The molecule has 1 aromatic heterocycles. The van der Waals surface area contributed by atoms with Crippen LogP contribution in [-0.2, 0) is 19.6 Å². The number of rotatable bonds is 10. The van der Waals surface area contributed by atoms with Crippen LogP contribution in [0.15, 0.2) is 12.1 Å². The summed E-state index contributed by atoms with van der Waals surface area (Å²) in [6, 6.07) is 2.48. The smallest absolute Gasteiger partial charge is 0.493 e. The lowest BCUT2D eigenvalue weighted by Gasteiger charge is -2.19. The van der Waals surface area contributed by atoms with Gasteiger partial charge in [-0.15, -0.1) is 0 Å². The normalized spacial score (nSPS) is 11.6. The van der Waals surface area contributed by atoms with Crippen molar-refractivity contribution in [2.45, 2.75) is 12.4 Å². The number of halogens is 3. The number of nitrogens with zero attached hydrogens (tertiary/aromatic N) is 2. The summed E-state index contributed by atoms with van der Waals surface area (Å²) >= 11 is 0. The number of nitro groups is 1. The molecule has 0 spiro atoms. The molecule has 1 aromatic carbocycles. The third kappa shape index (κ3) is 5.35. The number of carbonyl (C=O) groups excluding carboxylic acids is 1. The Labute approximate surface area is 201 Å². The minimum absolute atomic E-state index is 0.0889. The van der Waals surface area contributed by atoms with Crippen molar-refractivity contribution in [2.75, 3.05) is 35.2 Å². The molecule has 1 heterocycles. The van der Waals surface area contributed by atoms with Gasteiger partial charge in [0, 0.05) is 12.7 Å².